The van der Waals surface area contributed by atoms with Crippen LogP contribution in [0.2, 0.25) is 29.2 Å². The summed E-state index contributed by atoms with van der Waals surface area (Å²) in [7, 11) is -6.11. The van der Waals surface area contributed by atoms with Crippen molar-refractivity contribution in [3.8, 4) is 0 Å². The predicted molar refractivity (Wildman–Crippen MR) is 387 cm³/mol. The van der Waals surface area contributed by atoms with Gasteiger partial charge in [0.2, 0.25) is 0 Å². The Kier molecular flexibility index (Phi) is 22.5. The molecule has 0 aromatic heterocycles. The van der Waals surface area contributed by atoms with Crippen LogP contribution in [0.15, 0.2) is 121 Å². The number of halogens is 1. The Hall–Kier alpha value is -4.46. The van der Waals surface area contributed by atoms with Crippen LogP contribution < -0.4 is 20.7 Å². The molecule has 7 aliphatic rings. The third kappa shape index (κ3) is 12.8. The molecular formula is C80H119FO11Si3. The summed E-state index contributed by atoms with van der Waals surface area (Å²) in [6, 6.07) is 42.4. The minimum absolute atomic E-state index is 0.0686. The fourth-order valence-corrected chi connectivity index (χ4v) is 33.9. The smallest absolute Gasteiger partial charge is 0.331 e. The molecule has 2 N–H and O–H groups in total. The highest BCUT2D eigenvalue weighted by Gasteiger charge is 2.72. The van der Waals surface area contributed by atoms with Crippen molar-refractivity contribution in [1.29, 1.82) is 0 Å². The van der Waals surface area contributed by atoms with Crippen LogP contribution in [0.25, 0.3) is 0 Å². The molecule has 95 heavy (non-hydrogen) atoms. The van der Waals surface area contributed by atoms with Crippen LogP contribution in [0.5, 0.6) is 0 Å². The molecule has 11 rings (SSSR count). The largest absolute Gasteiger partial charge is 0.460 e. The van der Waals surface area contributed by atoms with Gasteiger partial charge >= 0.3 is 11.9 Å². The molecule has 524 valence electrons. The Bertz CT molecular complexity index is 3190. The lowest BCUT2D eigenvalue weighted by Crippen LogP contribution is -2.67. The molecule has 1 aliphatic heterocycles. The highest BCUT2D eigenvalue weighted by atomic mass is 28.4. The average Bonchev–Trinajstić information content (AvgIpc) is 1.46. The third-order valence-electron chi connectivity index (χ3n) is 26.6. The number of benzene rings is 4. The summed E-state index contributed by atoms with van der Waals surface area (Å²) in [5.74, 6) is -0.0609. The Labute approximate surface area is 575 Å². The van der Waals surface area contributed by atoms with Gasteiger partial charge in [0, 0.05) is 42.3 Å². The van der Waals surface area contributed by atoms with Gasteiger partial charge in [-0.2, -0.15) is 0 Å². The lowest BCUT2D eigenvalue weighted by molar-refractivity contribution is -0.219. The highest BCUT2D eigenvalue weighted by molar-refractivity contribution is 7.00. The van der Waals surface area contributed by atoms with Gasteiger partial charge in [0.15, 0.2) is 8.32 Å². The summed E-state index contributed by atoms with van der Waals surface area (Å²) in [5.41, 5.74) is -2.44. The van der Waals surface area contributed by atoms with Crippen molar-refractivity contribution in [2.45, 2.75) is 235 Å². The van der Waals surface area contributed by atoms with Gasteiger partial charge in [0.05, 0.1) is 26.0 Å². The van der Waals surface area contributed by atoms with Gasteiger partial charge in [-0.1, -0.05) is 226 Å². The SMILES string of the molecule is CC[C@]1(CO)C[C@@H](OC(=O)CO[Si](c2ccccc2)(c2ccccc2)C(C)(C)C)[C@@]2(C)C3C(=O)CC[C@@]3(CC[C@H]2C)[C@@H](C)[C@@H]1O.CC[C@]12C[C@@H](OC(=O)CO[Si](c3ccccc3)(c3ccccc3)C(C)(C)C)[C@@]3(C)C4C(=O)CC[C@@]4(CC[C@H]3C)[C@@H](C)[C@@H]1O[Si](C)(C)C2.CF.[2H]C. The summed E-state index contributed by atoms with van der Waals surface area (Å²) in [6.45, 7) is 35.1. The molecule has 15 heteroatoms. The quantitative estimate of drug-likeness (QED) is 0.0863. The number of ether oxygens (including phenoxy) is 2. The number of aliphatic hydroxyl groups excluding tert-OH is 2. The number of aliphatic hydroxyl groups is 2. The van der Waals surface area contributed by atoms with Crippen molar-refractivity contribution >= 4 is 69.2 Å². The molecule has 16 atom stereocenters. The Morgan fingerprint density at radius 2 is 0.968 bits per heavy atom. The predicted octanol–water partition coefficient (Wildman–Crippen LogP) is 14.8. The van der Waals surface area contributed by atoms with E-state index in [4.69, 9.17) is 24.1 Å². The van der Waals surface area contributed by atoms with Crippen molar-refractivity contribution in [3.63, 3.8) is 0 Å². The minimum Gasteiger partial charge on any atom is -0.460 e. The van der Waals surface area contributed by atoms with Crippen molar-refractivity contribution < 1.29 is 57.9 Å². The van der Waals surface area contributed by atoms with Crippen LogP contribution in [-0.2, 0) is 41.9 Å². The first-order chi connectivity index (χ1) is 45.3. The van der Waals surface area contributed by atoms with E-state index >= 15 is 0 Å². The van der Waals surface area contributed by atoms with Gasteiger partial charge in [-0.3, -0.25) is 14.0 Å². The number of carbonyl (C=O) groups excluding carboxylic acids is 4. The van der Waals surface area contributed by atoms with E-state index in [1.54, 1.807) is 0 Å². The zero-order chi connectivity index (χ0) is 70.9. The number of carbonyl (C=O) groups is 4. The van der Waals surface area contributed by atoms with Gasteiger partial charge in [-0.25, -0.2) is 9.59 Å². The zero-order valence-corrected chi connectivity index (χ0v) is 64.1. The fraction of sp³-hybridized carbons (Fsp3) is 0.650. The highest BCUT2D eigenvalue weighted by Crippen LogP contribution is 2.71. The topological polar surface area (TPSA) is 155 Å². The molecular weight excluding hydrogens is 1240 g/mol. The van der Waals surface area contributed by atoms with Crippen LogP contribution in [0.4, 0.5) is 4.39 Å². The number of fused-ring (bicyclic) bond motifs is 1. The van der Waals surface area contributed by atoms with Crippen molar-refractivity contribution in [2.75, 3.05) is 27.0 Å². The van der Waals surface area contributed by atoms with Crippen LogP contribution in [0, 0.1) is 68.0 Å². The molecule has 0 radical (unpaired) electrons. The molecule has 4 aromatic carbocycles. The summed E-state index contributed by atoms with van der Waals surface area (Å²) >= 11 is 0. The number of rotatable bonds is 15. The second kappa shape index (κ2) is 28.6. The van der Waals surface area contributed by atoms with E-state index in [2.05, 4.69) is 176 Å². The van der Waals surface area contributed by atoms with E-state index in [1.807, 2.05) is 55.5 Å². The number of hydrogen-bond donors (Lipinski definition) is 2. The first-order valence-corrected chi connectivity index (χ1v) is 42.5. The van der Waals surface area contributed by atoms with Crippen LogP contribution in [0.1, 0.15) is 183 Å². The van der Waals surface area contributed by atoms with Gasteiger partial charge in [0.1, 0.15) is 37.0 Å². The molecule has 0 spiro atoms. The Morgan fingerprint density at radius 1 is 0.611 bits per heavy atom. The van der Waals surface area contributed by atoms with Gasteiger partial charge in [-0.15, -0.1) is 0 Å². The van der Waals surface area contributed by atoms with Crippen LogP contribution in [0.3, 0.4) is 0 Å². The lowest BCUT2D eigenvalue weighted by Gasteiger charge is -2.62. The van der Waals surface area contributed by atoms with Crippen molar-refractivity contribution in [2.24, 2.45) is 68.0 Å². The lowest BCUT2D eigenvalue weighted by atomic mass is 9.43. The van der Waals surface area contributed by atoms with E-state index in [1.165, 1.54) is 7.40 Å². The molecule has 2 unspecified atom stereocenters. The molecule has 0 amide bonds. The summed E-state index contributed by atoms with van der Waals surface area (Å²) < 4.78 is 49.8. The van der Waals surface area contributed by atoms with Gasteiger partial charge in [-0.05, 0) is 154 Å². The Balaban J connectivity index is 0.000000234. The molecule has 1 saturated heterocycles. The van der Waals surface area contributed by atoms with Crippen LogP contribution >= 0.6 is 0 Å². The third-order valence-corrected chi connectivity index (χ3v) is 39.0. The Morgan fingerprint density at radius 3 is 1.31 bits per heavy atom. The van der Waals surface area contributed by atoms with Gasteiger partial charge < -0.3 is 33.0 Å². The minimum atomic E-state index is -2.98. The fourth-order valence-electron chi connectivity index (χ4n) is 21.4. The monoisotopic (exact) mass is 1360 g/mol. The second-order valence-electron chi connectivity index (χ2n) is 33.2. The van der Waals surface area contributed by atoms with Crippen molar-refractivity contribution in [1.82, 2.24) is 0 Å². The number of alkyl halides is 1. The molecule has 7 fully saturated rings. The number of ketones is 2. The average molecular weight is 1360 g/mol. The summed E-state index contributed by atoms with van der Waals surface area (Å²) in [5, 5.41) is 26.7. The van der Waals surface area contributed by atoms with E-state index in [0.29, 0.717) is 44.6 Å². The molecule has 6 aliphatic carbocycles. The maximum Gasteiger partial charge on any atom is 0.331 e. The van der Waals surface area contributed by atoms with Crippen molar-refractivity contribution in [3.05, 3.63) is 121 Å². The normalized spacial score (nSPS) is 35.0. The number of hydrogen-bond acceptors (Lipinski definition) is 11. The standard InChI is InChI=1S/C40H58O5Si2.C38H54O6Si.CH3F.CH4/c1-10-39-25-33(38(7)28(2)21-23-40(24-22-32(41)35(38)40)29(3)36(39)45-46(8,9)27-39)44-34(42)26-43-47(37(4,5)6,30-17-13-11-14-18-30)31-19-15-12-16-20-31;1-8-37(25-39)23-31(36(7)26(2)19-21-38(27(3)34(37)42)22-20-30(40)33(36)38)44-32(41)24-43-45(35(4,5)6,28-15-11-9-12-16-28)29-17-13-10-14-18-29;1-2;/h11-20,28-29,33,35-36H,10,21-27H2,1-9H3;9-18,26-27,31,33-34,39,42H,8,19-25H2,1-7H3;1H3;1H4/t28-,29+,33-,35?,36+,38+,39-,40+;26-,27+,31-,33?,34+,36+,37-,38+;;/m11../s1/i;;;1D. The first kappa shape index (κ1) is 74.8. The van der Waals surface area contributed by atoms with E-state index in [0.717, 1.165) is 78.2 Å². The molecule has 4 aromatic rings. The van der Waals surface area contributed by atoms with Gasteiger partial charge in [0.25, 0.3) is 16.6 Å². The van der Waals surface area contributed by atoms with E-state index < -0.39 is 59.4 Å². The van der Waals surface area contributed by atoms with Crippen LogP contribution in [-0.4, -0.2) is 110 Å². The maximum absolute atomic E-state index is 14.4. The number of Topliss-reactive ketones (excluding diaryl/α,β-unsaturated/α-hetero) is 2. The van der Waals surface area contributed by atoms with E-state index in [-0.39, 0.29) is 99.7 Å². The second-order valence-corrected chi connectivity index (χ2v) is 46.0. The molecule has 1 heterocycles. The zero-order valence-electron chi connectivity index (χ0n) is 62.1. The maximum atomic E-state index is 14.4. The molecule has 11 nitrogen and oxygen atoms in total. The van der Waals surface area contributed by atoms with E-state index in [9.17, 15) is 33.8 Å². The number of esters is 2. The summed E-state index contributed by atoms with van der Waals surface area (Å²) in [6.07, 6.45) is 7.49. The molecule has 4 bridgehead atoms. The first-order valence-electron chi connectivity index (χ1n) is 36.6. The summed E-state index contributed by atoms with van der Waals surface area (Å²) in [4.78, 5) is 56.4. The molecule has 6 saturated carbocycles.